The van der Waals surface area contributed by atoms with Gasteiger partial charge in [0.25, 0.3) is 5.91 Å². The van der Waals surface area contributed by atoms with Gasteiger partial charge in [-0.3, -0.25) is 9.59 Å². The van der Waals surface area contributed by atoms with Crippen LogP contribution in [0.25, 0.3) is 10.9 Å². The van der Waals surface area contributed by atoms with Gasteiger partial charge in [0.05, 0.1) is 13.2 Å². The molecule has 3 aromatic rings. The molecular weight excluding hydrogens is 560 g/mol. The molecule has 0 unspecified atom stereocenters. The summed E-state index contributed by atoms with van der Waals surface area (Å²) in [5.74, 6) is -1.37. The summed E-state index contributed by atoms with van der Waals surface area (Å²) >= 11 is 6.04. The van der Waals surface area contributed by atoms with Crippen molar-refractivity contribution in [3.63, 3.8) is 0 Å². The Morgan fingerprint density at radius 3 is 2.21 bits per heavy atom. The SMILES string of the molecule is COC(=O)[C@H]1Cc2c([nH]c3ccccc23)[C@H](c2ccc(C(=O)N3CCN(C(=O)OC(C)(C)C)CC3)cc2)N1C(=O)CCl. The number of alkyl halides is 1. The van der Waals surface area contributed by atoms with Crippen molar-refractivity contribution < 1.29 is 28.7 Å². The van der Waals surface area contributed by atoms with E-state index in [1.54, 1.807) is 34.1 Å². The molecule has 222 valence electrons. The lowest BCUT2D eigenvalue weighted by Crippen LogP contribution is -2.52. The Labute approximate surface area is 249 Å². The third-order valence-electron chi connectivity index (χ3n) is 7.70. The van der Waals surface area contributed by atoms with Crippen LogP contribution < -0.4 is 0 Å². The smallest absolute Gasteiger partial charge is 0.410 e. The summed E-state index contributed by atoms with van der Waals surface area (Å²) in [7, 11) is 1.30. The number of esters is 1. The zero-order valence-corrected chi connectivity index (χ0v) is 24.9. The minimum Gasteiger partial charge on any atom is -0.467 e. The first kappa shape index (κ1) is 29.4. The molecule has 1 saturated heterocycles. The van der Waals surface area contributed by atoms with Crippen molar-refractivity contribution in [3.05, 3.63) is 70.9 Å². The number of aromatic nitrogens is 1. The lowest BCUT2D eigenvalue weighted by atomic mass is 9.87. The number of nitrogens with zero attached hydrogens (tertiary/aromatic N) is 3. The molecule has 0 radical (unpaired) electrons. The molecule has 3 amide bonds. The van der Waals surface area contributed by atoms with Gasteiger partial charge in [0, 0.05) is 54.8 Å². The van der Waals surface area contributed by atoms with E-state index in [0.717, 1.165) is 27.7 Å². The van der Waals surface area contributed by atoms with Crippen LogP contribution in [0.3, 0.4) is 0 Å². The van der Waals surface area contributed by atoms with E-state index >= 15 is 0 Å². The summed E-state index contributed by atoms with van der Waals surface area (Å²) in [4.78, 5) is 60.2. The van der Waals surface area contributed by atoms with Crippen molar-refractivity contribution in [2.45, 2.75) is 44.9 Å². The Hall–Kier alpha value is -4.05. The average molecular weight is 595 g/mol. The summed E-state index contributed by atoms with van der Waals surface area (Å²) < 4.78 is 10.5. The number of carbonyl (C=O) groups is 4. The van der Waals surface area contributed by atoms with Crippen LogP contribution in [0.4, 0.5) is 4.79 Å². The number of halogens is 1. The number of para-hydroxylation sites is 1. The van der Waals surface area contributed by atoms with E-state index in [-0.39, 0.29) is 24.3 Å². The van der Waals surface area contributed by atoms with E-state index in [9.17, 15) is 19.2 Å². The van der Waals surface area contributed by atoms with E-state index in [1.165, 1.54) is 12.0 Å². The Kier molecular flexibility index (Phi) is 8.19. The first-order valence-corrected chi connectivity index (χ1v) is 14.5. The molecule has 2 aliphatic heterocycles. The number of hydrogen-bond donors (Lipinski definition) is 1. The second-order valence-corrected chi connectivity index (χ2v) is 11.8. The van der Waals surface area contributed by atoms with Gasteiger partial charge >= 0.3 is 12.1 Å². The number of amides is 3. The normalized spacial score (nSPS) is 18.9. The Morgan fingerprint density at radius 2 is 1.60 bits per heavy atom. The van der Waals surface area contributed by atoms with Crippen molar-refractivity contribution in [1.82, 2.24) is 19.7 Å². The number of H-pyrrole nitrogens is 1. The third kappa shape index (κ3) is 5.68. The van der Waals surface area contributed by atoms with Gasteiger partial charge in [0.2, 0.25) is 5.91 Å². The van der Waals surface area contributed by atoms with Gasteiger partial charge in [0.15, 0.2) is 0 Å². The minimum atomic E-state index is -0.861. The van der Waals surface area contributed by atoms with Gasteiger partial charge in [-0.15, -0.1) is 11.6 Å². The number of hydrogen-bond acceptors (Lipinski definition) is 6. The average Bonchev–Trinajstić information content (AvgIpc) is 3.36. The van der Waals surface area contributed by atoms with Crippen LogP contribution in [0.15, 0.2) is 48.5 Å². The molecule has 3 heterocycles. The maximum Gasteiger partial charge on any atom is 0.410 e. The molecule has 2 aromatic carbocycles. The fraction of sp³-hybridized carbons (Fsp3) is 0.419. The Balaban J connectivity index is 1.42. The summed E-state index contributed by atoms with van der Waals surface area (Å²) in [6, 6.07) is 13.4. The first-order valence-electron chi connectivity index (χ1n) is 13.9. The number of ether oxygens (including phenoxy) is 2. The summed E-state index contributed by atoms with van der Waals surface area (Å²) in [6.07, 6.45) is -0.0964. The number of aromatic amines is 1. The first-order chi connectivity index (χ1) is 20.0. The van der Waals surface area contributed by atoms with Crippen LogP contribution in [-0.2, 0) is 25.5 Å². The molecule has 5 rings (SSSR count). The standard InChI is InChI=1S/C31H35ClN4O6/c1-31(2,3)42-30(40)35-15-13-34(14-16-35)28(38)20-11-9-19(10-12-20)27-26-22(21-7-5-6-8-23(21)33-26)17-24(29(39)41-4)36(27)25(37)18-32/h5-12,24,27,33H,13-18H2,1-4H3/t24-,27+/m1/s1. The summed E-state index contributed by atoms with van der Waals surface area (Å²) in [6.45, 7) is 7.01. The zero-order chi connectivity index (χ0) is 30.2. The highest BCUT2D eigenvalue weighted by molar-refractivity contribution is 6.27. The van der Waals surface area contributed by atoms with Crippen LogP contribution in [0.5, 0.6) is 0 Å². The van der Waals surface area contributed by atoms with Crippen molar-refractivity contribution >= 4 is 46.4 Å². The lowest BCUT2D eigenvalue weighted by Gasteiger charge is -2.40. The molecule has 0 saturated carbocycles. The topological polar surface area (TPSA) is 112 Å². The number of carbonyl (C=O) groups excluding carboxylic acids is 4. The predicted octanol–water partition coefficient (Wildman–Crippen LogP) is 4.12. The molecule has 0 spiro atoms. The molecule has 42 heavy (non-hydrogen) atoms. The van der Waals surface area contributed by atoms with Crippen LogP contribution in [0.2, 0.25) is 0 Å². The van der Waals surface area contributed by atoms with Crippen molar-refractivity contribution in [3.8, 4) is 0 Å². The number of fused-ring (bicyclic) bond motifs is 3. The molecule has 11 heteroatoms. The van der Waals surface area contributed by atoms with E-state index in [0.29, 0.717) is 31.7 Å². The molecule has 1 N–H and O–H groups in total. The highest BCUT2D eigenvalue weighted by Crippen LogP contribution is 2.41. The van der Waals surface area contributed by atoms with Gasteiger partial charge in [-0.25, -0.2) is 9.59 Å². The van der Waals surface area contributed by atoms with Crippen molar-refractivity contribution in [1.29, 1.82) is 0 Å². The molecule has 2 aliphatic rings. The van der Waals surface area contributed by atoms with Crippen LogP contribution >= 0.6 is 11.6 Å². The van der Waals surface area contributed by atoms with Gasteiger partial charge in [-0.2, -0.15) is 0 Å². The second kappa shape index (κ2) is 11.7. The summed E-state index contributed by atoms with van der Waals surface area (Å²) in [5, 5.41) is 0.974. The van der Waals surface area contributed by atoms with Crippen molar-refractivity contribution in [2.24, 2.45) is 0 Å². The lowest BCUT2D eigenvalue weighted by molar-refractivity contribution is -0.154. The molecule has 1 aromatic heterocycles. The maximum absolute atomic E-state index is 13.3. The Bertz CT molecular complexity index is 1500. The largest absolute Gasteiger partial charge is 0.467 e. The van der Waals surface area contributed by atoms with E-state index < -0.39 is 29.6 Å². The molecule has 0 bridgehead atoms. The molecule has 10 nitrogen and oxygen atoms in total. The number of methoxy groups -OCH3 is 1. The minimum absolute atomic E-state index is 0.151. The fourth-order valence-corrected chi connectivity index (χ4v) is 5.88. The van der Waals surface area contributed by atoms with Crippen LogP contribution in [-0.4, -0.2) is 94.4 Å². The van der Waals surface area contributed by atoms with Gasteiger partial charge < -0.3 is 29.2 Å². The monoisotopic (exact) mass is 594 g/mol. The van der Waals surface area contributed by atoms with Crippen LogP contribution in [0, 0.1) is 0 Å². The number of piperazine rings is 1. The van der Waals surface area contributed by atoms with Crippen LogP contribution in [0.1, 0.15) is 54.0 Å². The Morgan fingerprint density at radius 1 is 0.952 bits per heavy atom. The maximum atomic E-state index is 13.3. The third-order valence-corrected chi connectivity index (χ3v) is 7.93. The van der Waals surface area contributed by atoms with Gasteiger partial charge in [-0.1, -0.05) is 30.3 Å². The molecular formula is C31H35ClN4O6. The molecule has 1 fully saturated rings. The van der Waals surface area contributed by atoms with E-state index in [1.807, 2.05) is 45.0 Å². The second-order valence-electron chi connectivity index (χ2n) is 11.5. The highest BCUT2D eigenvalue weighted by Gasteiger charge is 2.43. The van der Waals surface area contributed by atoms with E-state index in [4.69, 9.17) is 21.1 Å². The fourth-order valence-electron chi connectivity index (χ4n) is 5.74. The predicted molar refractivity (Wildman–Crippen MR) is 157 cm³/mol. The van der Waals surface area contributed by atoms with E-state index in [2.05, 4.69) is 4.98 Å². The number of benzene rings is 2. The summed E-state index contributed by atoms with van der Waals surface area (Å²) in [5.41, 5.74) is 3.25. The number of rotatable bonds is 4. The highest BCUT2D eigenvalue weighted by atomic mass is 35.5. The molecule has 0 aliphatic carbocycles. The van der Waals surface area contributed by atoms with Crippen molar-refractivity contribution in [2.75, 3.05) is 39.2 Å². The molecule has 2 atom stereocenters. The zero-order valence-electron chi connectivity index (χ0n) is 24.2. The van der Waals surface area contributed by atoms with Gasteiger partial charge in [-0.05, 0) is 50.1 Å². The quantitative estimate of drug-likeness (QED) is 0.359. The number of nitrogens with one attached hydrogen (secondary N) is 1. The van der Waals surface area contributed by atoms with Gasteiger partial charge in [0.1, 0.15) is 17.5 Å².